The maximum atomic E-state index is 12.3. The molecule has 0 aromatic heterocycles. The van der Waals surface area contributed by atoms with E-state index >= 15 is 0 Å². The number of aliphatic hydroxyl groups is 1. The van der Waals surface area contributed by atoms with Gasteiger partial charge in [-0.15, -0.1) is 0 Å². The highest BCUT2D eigenvalue weighted by molar-refractivity contribution is 5.72. The summed E-state index contributed by atoms with van der Waals surface area (Å²) in [6.45, 7) is 11.2. The highest BCUT2D eigenvalue weighted by atomic mass is 16.6. The molecule has 1 saturated carbocycles. The summed E-state index contributed by atoms with van der Waals surface area (Å²) in [7, 11) is 0. The monoisotopic (exact) mass is 426 g/mol. The zero-order chi connectivity index (χ0) is 22.3. The fourth-order valence-electron chi connectivity index (χ4n) is 4.47. The number of ether oxygens (including phenoxy) is 3. The summed E-state index contributed by atoms with van der Waals surface area (Å²) in [5.41, 5.74) is -0.210. The van der Waals surface area contributed by atoms with E-state index < -0.39 is 0 Å². The predicted octanol–water partition coefficient (Wildman–Crippen LogP) is 4.27. The quantitative estimate of drug-likeness (QED) is 0.370. The molecule has 2 rings (SSSR count). The molecule has 6 heteroatoms. The van der Waals surface area contributed by atoms with Crippen molar-refractivity contribution in [3.63, 3.8) is 0 Å². The predicted molar refractivity (Wildman–Crippen MR) is 115 cm³/mol. The topological polar surface area (TPSA) is 85.4 Å². The number of esters is 2. The van der Waals surface area contributed by atoms with Crippen LogP contribution in [0.2, 0.25) is 0 Å². The van der Waals surface area contributed by atoms with Crippen LogP contribution in [0.15, 0.2) is 0 Å². The molecule has 6 nitrogen and oxygen atoms in total. The normalized spacial score (nSPS) is 28.5. The van der Waals surface area contributed by atoms with E-state index in [1.807, 2.05) is 6.92 Å². The van der Waals surface area contributed by atoms with E-state index in [1.165, 1.54) is 0 Å². The zero-order valence-electron chi connectivity index (χ0n) is 19.5. The lowest BCUT2D eigenvalue weighted by Crippen LogP contribution is -2.28. The van der Waals surface area contributed by atoms with Gasteiger partial charge in [-0.05, 0) is 69.1 Å². The Balaban J connectivity index is 1.60. The Morgan fingerprint density at radius 1 is 1.07 bits per heavy atom. The molecule has 174 valence electrons. The minimum absolute atomic E-state index is 0.0831. The number of carbonyl (C=O) groups excluding carboxylic acids is 2. The maximum Gasteiger partial charge on any atom is 0.308 e. The van der Waals surface area contributed by atoms with Crippen LogP contribution in [0.3, 0.4) is 0 Å². The fourth-order valence-corrected chi connectivity index (χ4v) is 4.47. The van der Waals surface area contributed by atoms with Crippen LogP contribution < -0.4 is 0 Å². The van der Waals surface area contributed by atoms with Crippen molar-refractivity contribution in [1.82, 2.24) is 0 Å². The number of aliphatic hydroxyl groups excluding tert-OH is 1. The third-order valence-electron chi connectivity index (χ3n) is 6.37. The zero-order valence-corrected chi connectivity index (χ0v) is 19.5. The highest BCUT2D eigenvalue weighted by Crippen LogP contribution is 2.31. The van der Waals surface area contributed by atoms with Crippen LogP contribution in [0.1, 0.15) is 86.0 Å². The molecule has 2 aliphatic rings. The second-order valence-corrected chi connectivity index (χ2v) is 10.5. The molecule has 0 spiro atoms. The molecule has 0 radical (unpaired) electrons. The van der Waals surface area contributed by atoms with Crippen molar-refractivity contribution < 1.29 is 28.9 Å². The summed E-state index contributed by atoms with van der Waals surface area (Å²) in [5, 5.41) is 9.56. The van der Waals surface area contributed by atoms with Crippen LogP contribution in [0.25, 0.3) is 0 Å². The van der Waals surface area contributed by atoms with Gasteiger partial charge in [0.2, 0.25) is 0 Å². The second kappa shape index (κ2) is 11.5. The summed E-state index contributed by atoms with van der Waals surface area (Å²) in [4.78, 5) is 24.5. The molecule has 1 N–H and O–H groups in total. The lowest BCUT2D eigenvalue weighted by Gasteiger charge is -2.28. The number of epoxide rings is 1. The molecular formula is C24H42O6. The third kappa shape index (κ3) is 9.34. The van der Waals surface area contributed by atoms with Gasteiger partial charge in [-0.2, -0.15) is 0 Å². The molecule has 30 heavy (non-hydrogen) atoms. The minimum Gasteiger partial charge on any atom is -0.465 e. The Morgan fingerprint density at radius 3 is 2.27 bits per heavy atom. The summed E-state index contributed by atoms with van der Waals surface area (Å²) in [5.74, 6) is 0.122. The first-order valence-electron chi connectivity index (χ1n) is 11.7. The second-order valence-electron chi connectivity index (χ2n) is 10.5. The Labute approximate surface area is 182 Å². The van der Waals surface area contributed by atoms with Crippen molar-refractivity contribution in [2.24, 2.45) is 23.2 Å². The smallest absolute Gasteiger partial charge is 0.308 e. The van der Waals surface area contributed by atoms with Crippen molar-refractivity contribution >= 4 is 11.9 Å². The van der Waals surface area contributed by atoms with E-state index in [2.05, 4.69) is 27.7 Å². The van der Waals surface area contributed by atoms with Gasteiger partial charge in [0.05, 0.1) is 43.9 Å². The van der Waals surface area contributed by atoms with E-state index in [-0.39, 0.29) is 35.3 Å². The van der Waals surface area contributed by atoms with Gasteiger partial charge >= 0.3 is 11.9 Å². The number of rotatable bonds is 12. The molecule has 0 aromatic rings. The first-order chi connectivity index (χ1) is 14.1. The van der Waals surface area contributed by atoms with E-state index in [9.17, 15) is 14.7 Å². The minimum atomic E-state index is -0.271. The molecule has 1 aliphatic heterocycles. The largest absolute Gasteiger partial charge is 0.465 e. The van der Waals surface area contributed by atoms with Crippen LogP contribution in [0, 0.1) is 23.2 Å². The van der Waals surface area contributed by atoms with Crippen LogP contribution in [-0.2, 0) is 23.8 Å². The van der Waals surface area contributed by atoms with Crippen LogP contribution in [-0.4, -0.2) is 48.6 Å². The molecule has 0 amide bonds. The Hall–Kier alpha value is -1.14. The van der Waals surface area contributed by atoms with Crippen molar-refractivity contribution in [2.45, 2.75) is 104 Å². The molecular weight excluding hydrogens is 384 g/mol. The lowest BCUT2D eigenvalue weighted by molar-refractivity contribution is -0.153. The van der Waals surface area contributed by atoms with Gasteiger partial charge in [0.15, 0.2) is 0 Å². The van der Waals surface area contributed by atoms with Gasteiger partial charge < -0.3 is 19.3 Å². The third-order valence-corrected chi connectivity index (χ3v) is 6.37. The molecule has 1 heterocycles. The number of hydrogen-bond donors (Lipinski definition) is 1. The molecule has 1 aliphatic carbocycles. The first-order valence-corrected chi connectivity index (χ1v) is 11.7. The van der Waals surface area contributed by atoms with Gasteiger partial charge in [-0.25, -0.2) is 0 Å². The first kappa shape index (κ1) is 25.1. The van der Waals surface area contributed by atoms with Gasteiger partial charge in [-0.1, -0.05) is 27.7 Å². The highest BCUT2D eigenvalue weighted by Gasteiger charge is 2.34. The van der Waals surface area contributed by atoms with Crippen molar-refractivity contribution in [3.8, 4) is 0 Å². The van der Waals surface area contributed by atoms with Crippen molar-refractivity contribution in [1.29, 1.82) is 0 Å². The van der Waals surface area contributed by atoms with E-state index in [0.29, 0.717) is 63.4 Å². The van der Waals surface area contributed by atoms with E-state index in [1.54, 1.807) is 0 Å². The number of carbonyl (C=O) groups is 2. The molecule has 4 atom stereocenters. The molecule has 2 fully saturated rings. The molecule has 4 unspecified atom stereocenters. The standard InChI is InChI=1S/C24H42O6/c1-16(6-11-21-18(3)30-21)14-28-22(26)13-24(4,5)12-17(2)15-29-23(27)19-7-9-20(25)10-8-19/h16-21,25H,6-15H2,1-5H3. The Kier molecular flexibility index (Phi) is 9.61. The van der Waals surface area contributed by atoms with Gasteiger partial charge in [0, 0.05) is 0 Å². The van der Waals surface area contributed by atoms with Gasteiger partial charge in [0.1, 0.15) is 0 Å². The van der Waals surface area contributed by atoms with E-state index in [0.717, 1.165) is 19.3 Å². The average molecular weight is 427 g/mol. The van der Waals surface area contributed by atoms with E-state index in [4.69, 9.17) is 14.2 Å². The van der Waals surface area contributed by atoms with Gasteiger partial charge in [0.25, 0.3) is 0 Å². The Morgan fingerprint density at radius 2 is 1.67 bits per heavy atom. The number of hydrogen-bond acceptors (Lipinski definition) is 6. The molecule has 0 bridgehead atoms. The fraction of sp³-hybridized carbons (Fsp3) is 0.917. The Bertz CT molecular complexity index is 552. The average Bonchev–Trinajstić information content (AvgIpc) is 3.37. The summed E-state index contributed by atoms with van der Waals surface area (Å²) in [6.07, 6.45) is 6.46. The van der Waals surface area contributed by atoms with Crippen molar-refractivity contribution in [2.75, 3.05) is 13.2 Å². The van der Waals surface area contributed by atoms with Crippen LogP contribution in [0.5, 0.6) is 0 Å². The molecule has 0 aromatic carbocycles. The summed E-state index contributed by atoms with van der Waals surface area (Å²) in [6, 6.07) is 0. The summed E-state index contributed by atoms with van der Waals surface area (Å²) < 4.78 is 16.4. The van der Waals surface area contributed by atoms with Gasteiger partial charge in [-0.3, -0.25) is 9.59 Å². The molecule has 1 saturated heterocycles. The SMILES string of the molecule is CC(CCC1OC1C)COC(=O)CC(C)(C)CC(C)COC(=O)C1CCC(O)CC1. The summed E-state index contributed by atoms with van der Waals surface area (Å²) >= 11 is 0. The van der Waals surface area contributed by atoms with Crippen LogP contribution >= 0.6 is 0 Å². The van der Waals surface area contributed by atoms with Crippen molar-refractivity contribution in [3.05, 3.63) is 0 Å². The van der Waals surface area contributed by atoms with Crippen LogP contribution in [0.4, 0.5) is 0 Å². The maximum absolute atomic E-state index is 12.3. The lowest BCUT2D eigenvalue weighted by atomic mass is 9.81.